The monoisotopic (exact) mass is 269 g/mol. The van der Waals surface area contributed by atoms with E-state index in [1.54, 1.807) is 6.07 Å². The van der Waals surface area contributed by atoms with Gasteiger partial charge in [-0.05, 0) is 54.6 Å². The number of hydrogen-bond donors (Lipinski definition) is 1. The van der Waals surface area contributed by atoms with E-state index in [0.29, 0.717) is 6.54 Å². The van der Waals surface area contributed by atoms with Crippen LogP contribution in [0.5, 0.6) is 0 Å². The van der Waals surface area contributed by atoms with Gasteiger partial charge in [0.15, 0.2) is 0 Å². The van der Waals surface area contributed by atoms with Gasteiger partial charge >= 0.3 is 0 Å². The van der Waals surface area contributed by atoms with E-state index >= 15 is 0 Å². The van der Waals surface area contributed by atoms with E-state index in [0.717, 1.165) is 29.3 Å². The van der Waals surface area contributed by atoms with Gasteiger partial charge in [0.05, 0.1) is 0 Å². The zero-order chi connectivity index (χ0) is 10.8. The van der Waals surface area contributed by atoms with Crippen LogP contribution in [-0.4, -0.2) is 6.54 Å². The first kappa shape index (κ1) is 10.8. The van der Waals surface area contributed by atoms with Crippen LogP contribution in [0.25, 0.3) is 5.57 Å². The maximum Gasteiger partial charge on any atom is 0.124 e. The molecule has 0 unspecified atom stereocenters. The first-order valence-electron chi connectivity index (χ1n) is 5.09. The Morgan fingerprint density at radius 3 is 2.93 bits per heavy atom. The first-order chi connectivity index (χ1) is 7.22. The number of rotatable bonds is 2. The molecule has 1 aromatic carbocycles. The van der Waals surface area contributed by atoms with Gasteiger partial charge in [0, 0.05) is 4.47 Å². The predicted molar refractivity (Wildman–Crippen MR) is 64.1 cm³/mol. The quantitative estimate of drug-likeness (QED) is 0.877. The molecule has 0 spiro atoms. The van der Waals surface area contributed by atoms with Crippen LogP contribution in [-0.2, 0) is 6.42 Å². The highest BCUT2D eigenvalue weighted by Crippen LogP contribution is 2.33. The Labute approximate surface area is 97.3 Å². The summed E-state index contributed by atoms with van der Waals surface area (Å²) in [5, 5.41) is 0. The van der Waals surface area contributed by atoms with Crippen LogP contribution < -0.4 is 5.73 Å². The third-order valence-electron chi connectivity index (χ3n) is 2.70. The first-order valence-corrected chi connectivity index (χ1v) is 5.89. The van der Waals surface area contributed by atoms with Gasteiger partial charge < -0.3 is 5.73 Å². The normalized spacial score (nSPS) is 14.7. The second-order valence-electron chi connectivity index (χ2n) is 3.72. The van der Waals surface area contributed by atoms with Crippen molar-refractivity contribution >= 4 is 21.5 Å². The van der Waals surface area contributed by atoms with Crippen molar-refractivity contribution in [2.75, 3.05) is 6.54 Å². The molecule has 0 fully saturated rings. The van der Waals surface area contributed by atoms with Crippen molar-refractivity contribution in [3.8, 4) is 0 Å². The highest BCUT2D eigenvalue weighted by molar-refractivity contribution is 9.10. The molecule has 1 nitrogen and oxygen atoms in total. The van der Waals surface area contributed by atoms with Crippen molar-refractivity contribution in [3.63, 3.8) is 0 Å². The minimum absolute atomic E-state index is 0.189. The number of nitrogens with two attached hydrogens (primary N) is 1. The average molecular weight is 270 g/mol. The molecule has 0 heterocycles. The van der Waals surface area contributed by atoms with E-state index in [4.69, 9.17) is 5.73 Å². The van der Waals surface area contributed by atoms with E-state index in [1.807, 2.05) is 0 Å². The van der Waals surface area contributed by atoms with Crippen LogP contribution in [0.2, 0.25) is 0 Å². The van der Waals surface area contributed by atoms with Gasteiger partial charge in [0.1, 0.15) is 5.82 Å². The summed E-state index contributed by atoms with van der Waals surface area (Å²) >= 11 is 3.41. The fourth-order valence-electron chi connectivity index (χ4n) is 2.04. The van der Waals surface area contributed by atoms with Crippen molar-refractivity contribution in [1.82, 2.24) is 0 Å². The van der Waals surface area contributed by atoms with Crippen LogP contribution in [0.15, 0.2) is 22.7 Å². The van der Waals surface area contributed by atoms with E-state index < -0.39 is 0 Å². The van der Waals surface area contributed by atoms with Crippen molar-refractivity contribution in [2.24, 2.45) is 5.73 Å². The molecule has 2 rings (SSSR count). The minimum Gasteiger partial charge on any atom is -0.330 e. The van der Waals surface area contributed by atoms with E-state index in [1.165, 1.54) is 17.2 Å². The number of hydrogen-bond acceptors (Lipinski definition) is 1. The summed E-state index contributed by atoms with van der Waals surface area (Å²) in [6.45, 7) is 0.611. The largest absolute Gasteiger partial charge is 0.330 e. The van der Waals surface area contributed by atoms with E-state index in [-0.39, 0.29) is 5.82 Å². The van der Waals surface area contributed by atoms with E-state index in [9.17, 15) is 4.39 Å². The third kappa shape index (κ3) is 2.13. The van der Waals surface area contributed by atoms with Crippen LogP contribution in [0.3, 0.4) is 0 Å². The highest BCUT2D eigenvalue weighted by Gasteiger charge is 2.15. The maximum absolute atomic E-state index is 13.3. The number of fused-ring (bicyclic) bond motifs is 1. The fourth-order valence-corrected chi connectivity index (χ4v) is 2.67. The van der Waals surface area contributed by atoms with Gasteiger partial charge in [-0.15, -0.1) is 0 Å². The lowest BCUT2D eigenvalue weighted by atomic mass is 9.89. The summed E-state index contributed by atoms with van der Waals surface area (Å²) in [5.41, 5.74) is 8.96. The molecule has 15 heavy (non-hydrogen) atoms. The molecule has 0 aromatic heterocycles. The van der Waals surface area contributed by atoms with Gasteiger partial charge in [-0.25, -0.2) is 4.39 Å². The summed E-state index contributed by atoms with van der Waals surface area (Å²) in [6.07, 6.45) is 4.99. The second kappa shape index (κ2) is 4.45. The van der Waals surface area contributed by atoms with Crippen LogP contribution >= 0.6 is 15.9 Å². The SMILES string of the molecule is NCCC1=CCCc2c(Br)cc(F)cc21. The Kier molecular flexibility index (Phi) is 3.22. The molecule has 1 aliphatic rings. The number of benzene rings is 1. The van der Waals surface area contributed by atoms with Crippen molar-refractivity contribution in [2.45, 2.75) is 19.3 Å². The molecule has 2 N–H and O–H groups in total. The molecule has 0 saturated carbocycles. The van der Waals surface area contributed by atoms with Gasteiger partial charge in [-0.3, -0.25) is 0 Å². The Bertz CT molecular complexity index is 412. The average Bonchev–Trinajstić information content (AvgIpc) is 2.19. The van der Waals surface area contributed by atoms with Gasteiger partial charge in [0.25, 0.3) is 0 Å². The Morgan fingerprint density at radius 1 is 1.40 bits per heavy atom. The van der Waals surface area contributed by atoms with Gasteiger partial charge in [0.2, 0.25) is 0 Å². The summed E-state index contributed by atoms with van der Waals surface area (Å²) in [5.74, 6) is -0.189. The third-order valence-corrected chi connectivity index (χ3v) is 3.41. The standard InChI is InChI=1S/C12H13BrFN/c13-12-7-9(14)6-11-8(4-5-15)2-1-3-10(11)12/h2,6-7H,1,3-5,15H2. The summed E-state index contributed by atoms with van der Waals surface area (Å²) in [6, 6.07) is 3.14. The van der Waals surface area contributed by atoms with E-state index in [2.05, 4.69) is 22.0 Å². The second-order valence-corrected chi connectivity index (χ2v) is 4.57. The molecule has 80 valence electrons. The zero-order valence-electron chi connectivity index (χ0n) is 8.39. The lowest BCUT2D eigenvalue weighted by Crippen LogP contribution is -2.06. The van der Waals surface area contributed by atoms with Crippen molar-refractivity contribution in [3.05, 3.63) is 39.6 Å². The zero-order valence-corrected chi connectivity index (χ0v) is 9.98. The Balaban J connectivity index is 2.49. The smallest absolute Gasteiger partial charge is 0.124 e. The molecule has 0 atom stereocenters. The number of halogens is 2. The van der Waals surface area contributed by atoms with Crippen LogP contribution in [0.4, 0.5) is 4.39 Å². The van der Waals surface area contributed by atoms with Crippen molar-refractivity contribution < 1.29 is 4.39 Å². The highest BCUT2D eigenvalue weighted by atomic mass is 79.9. The lowest BCUT2D eigenvalue weighted by Gasteiger charge is -2.19. The molecule has 0 bridgehead atoms. The molecular weight excluding hydrogens is 257 g/mol. The maximum atomic E-state index is 13.3. The molecule has 1 aliphatic carbocycles. The molecule has 0 aliphatic heterocycles. The summed E-state index contributed by atoms with van der Waals surface area (Å²) in [7, 11) is 0. The van der Waals surface area contributed by atoms with Gasteiger partial charge in [-0.2, -0.15) is 0 Å². The van der Waals surface area contributed by atoms with Crippen molar-refractivity contribution in [1.29, 1.82) is 0 Å². The lowest BCUT2D eigenvalue weighted by molar-refractivity contribution is 0.624. The summed E-state index contributed by atoms with van der Waals surface area (Å²) < 4.78 is 14.2. The van der Waals surface area contributed by atoms with Crippen LogP contribution in [0, 0.1) is 5.82 Å². The summed E-state index contributed by atoms with van der Waals surface area (Å²) in [4.78, 5) is 0. The van der Waals surface area contributed by atoms with Gasteiger partial charge in [-0.1, -0.05) is 22.0 Å². The van der Waals surface area contributed by atoms with Crippen LogP contribution in [0.1, 0.15) is 24.0 Å². The predicted octanol–water partition coefficient (Wildman–Crippen LogP) is 3.27. The molecule has 0 saturated heterocycles. The molecule has 3 heteroatoms. The Hall–Kier alpha value is -0.670. The molecular formula is C12H13BrFN. The molecule has 0 amide bonds. The fraction of sp³-hybridized carbons (Fsp3) is 0.333. The number of allylic oxidation sites excluding steroid dienone is 1. The molecule has 0 radical (unpaired) electrons. The molecule has 1 aromatic rings. The topological polar surface area (TPSA) is 26.0 Å². The Morgan fingerprint density at radius 2 is 2.20 bits per heavy atom. The minimum atomic E-state index is -0.189.